The van der Waals surface area contributed by atoms with Gasteiger partial charge in [-0.25, -0.2) is 0 Å². The molecule has 0 aliphatic heterocycles. The summed E-state index contributed by atoms with van der Waals surface area (Å²) >= 11 is 7.50. The van der Waals surface area contributed by atoms with Crippen LogP contribution in [0.15, 0.2) is 0 Å². The first-order valence-corrected chi connectivity index (χ1v) is 6.19. The van der Waals surface area contributed by atoms with Crippen molar-refractivity contribution in [2.45, 2.75) is 38.6 Å². The second-order valence-corrected chi connectivity index (χ2v) is 5.06. The summed E-state index contributed by atoms with van der Waals surface area (Å²) in [7, 11) is 0. The third kappa shape index (κ3) is 7.20. The molecule has 0 aliphatic rings. The average Bonchev–Trinajstić information content (AvgIpc) is 2.04. The van der Waals surface area contributed by atoms with Crippen molar-refractivity contribution in [1.29, 1.82) is 0 Å². The third-order valence-electron chi connectivity index (χ3n) is 1.65. The van der Waals surface area contributed by atoms with E-state index in [1.165, 1.54) is 0 Å². The lowest BCUT2D eigenvalue weighted by molar-refractivity contribution is -0.121. The fourth-order valence-corrected chi connectivity index (χ4v) is 1.71. The molecule has 0 saturated carbocycles. The molecule has 0 aromatic rings. The van der Waals surface area contributed by atoms with Gasteiger partial charge >= 0.3 is 0 Å². The van der Waals surface area contributed by atoms with Crippen molar-refractivity contribution < 1.29 is 4.79 Å². The summed E-state index contributed by atoms with van der Waals surface area (Å²) in [5.74, 6) is 2.15. The lowest BCUT2D eigenvalue weighted by atomic mass is 10.2. The third-order valence-corrected chi connectivity index (χ3v) is 2.78. The van der Waals surface area contributed by atoms with Gasteiger partial charge in [-0.2, -0.15) is 11.8 Å². The van der Waals surface area contributed by atoms with Gasteiger partial charge in [0, 0.05) is 6.04 Å². The Balaban J connectivity index is 3.50. The molecule has 2 unspecified atom stereocenters. The van der Waals surface area contributed by atoms with E-state index in [9.17, 15) is 4.79 Å². The molecule has 0 aromatic carbocycles. The van der Waals surface area contributed by atoms with Crippen molar-refractivity contribution in [3.8, 4) is 0 Å². The van der Waals surface area contributed by atoms with Crippen LogP contribution in [0.3, 0.4) is 0 Å². The number of halogens is 1. The van der Waals surface area contributed by atoms with Gasteiger partial charge in [0.1, 0.15) is 5.38 Å². The fourth-order valence-electron chi connectivity index (χ4n) is 0.834. The number of hydrogen-bond donors (Lipinski definition) is 1. The van der Waals surface area contributed by atoms with Crippen molar-refractivity contribution >= 4 is 29.3 Å². The van der Waals surface area contributed by atoms with Crippen molar-refractivity contribution in [3.63, 3.8) is 0 Å². The van der Waals surface area contributed by atoms with Gasteiger partial charge < -0.3 is 5.32 Å². The Morgan fingerprint density at radius 2 is 2.15 bits per heavy atom. The summed E-state index contributed by atoms with van der Waals surface area (Å²) in [4.78, 5) is 11.1. The maximum absolute atomic E-state index is 11.1. The van der Waals surface area contributed by atoms with E-state index in [0.29, 0.717) is 0 Å². The van der Waals surface area contributed by atoms with Crippen LogP contribution in [-0.2, 0) is 4.79 Å². The zero-order valence-corrected chi connectivity index (χ0v) is 10.0. The summed E-state index contributed by atoms with van der Waals surface area (Å²) in [5, 5.41) is 2.42. The predicted octanol–water partition coefficient (Wildman–Crippen LogP) is 2.26. The van der Waals surface area contributed by atoms with Crippen LogP contribution in [0.1, 0.15) is 27.2 Å². The largest absolute Gasteiger partial charge is 0.352 e. The number of rotatable bonds is 6. The normalized spacial score (nSPS) is 15.1. The van der Waals surface area contributed by atoms with Crippen LogP contribution in [-0.4, -0.2) is 28.8 Å². The molecule has 0 radical (unpaired) electrons. The number of carbonyl (C=O) groups is 1. The van der Waals surface area contributed by atoms with E-state index in [0.717, 1.165) is 17.9 Å². The molecule has 78 valence electrons. The van der Waals surface area contributed by atoms with Crippen LogP contribution >= 0.6 is 23.4 Å². The molecule has 0 saturated heterocycles. The minimum atomic E-state index is -0.429. The minimum absolute atomic E-state index is 0.0735. The molecule has 0 heterocycles. The van der Waals surface area contributed by atoms with E-state index in [1.807, 2.05) is 18.7 Å². The smallest absolute Gasteiger partial charge is 0.237 e. The highest BCUT2D eigenvalue weighted by Crippen LogP contribution is 2.04. The van der Waals surface area contributed by atoms with Crippen LogP contribution < -0.4 is 5.32 Å². The van der Waals surface area contributed by atoms with Crippen LogP contribution in [0.4, 0.5) is 0 Å². The molecule has 0 aliphatic carbocycles. The van der Waals surface area contributed by atoms with E-state index < -0.39 is 5.38 Å². The Morgan fingerprint density at radius 1 is 1.54 bits per heavy atom. The molecule has 2 atom stereocenters. The molecule has 0 bridgehead atoms. The molecule has 0 aromatic heterocycles. The first-order valence-electron chi connectivity index (χ1n) is 4.60. The molecule has 4 heteroatoms. The molecular formula is C9H18ClNOS. The number of carbonyl (C=O) groups excluding carboxylic acids is 1. The SMILES string of the molecule is CCSCCC(C)NC(=O)C(C)Cl. The fraction of sp³-hybridized carbons (Fsp3) is 0.889. The van der Waals surface area contributed by atoms with Crippen molar-refractivity contribution in [3.05, 3.63) is 0 Å². The Bertz CT molecular complexity index is 153. The highest BCUT2D eigenvalue weighted by atomic mass is 35.5. The maximum Gasteiger partial charge on any atom is 0.237 e. The van der Waals surface area contributed by atoms with Crippen LogP contribution in [0.5, 0.6) is 0 Å². The second-order valence-electron chi connectivity index (χ2n) is 3.01. The highest BCUT2D eigenvalue weighted by molar-refractivity contribution is 7.99. The van der Waals surface area contributed by atoms with Gasteiger partial charge in [-0.05, 0) is 31.8 Å². The van der Waals surface area contributed by atoms with E-state index in [-0.39, 0.29) is 11.9 Å². The predicted molar refractivity (Wildman–Crippen MR) is 60.5 cm³/mol. The summed E-state index contributed by atoms with van der Waals surface area (Å²) < 4.78 is 0. The first kappa shape index (κ1) is 13.1. The van der Waals surface area contributed by atoms with Gasteiger partial charge in [-0.3, -0.25) is 4.79 Å². The monoisotopic (exact) mass is 223 g/mol. The molecule has 13 heavy (non-hydrogen) atoms. The number of alkyl halides is 1. The average molecular weight is 224 g/mol. The number of nitrogens with one attached hydrogen (secondary N) is 1. The van der Waals surface area contributed by atoms with Gasteiger partial charge in [0.15, 0.2) is 0 Å². The zero-order chi connectivity index (χ0) is 10.3. The summed E-state index contributed by atoms with van der Waals surface area (Å²) in [6.07, 6.45) is 1.01. The molecule has 0 spiro atoms. The first-order chi connectivity index (χ1) is 6.07. The van der Waals surface area contributed by atoms with Gasteiger partial charge in [0.05, 0.1) is 0 Å². The van der Waals surface area contributed by atoms with E-state index in [2.05, 4.69) is 12.2 Å². The zero-order valence-electron chi connectivity index (χ0n) is 8.47. The molecule has 0 fully saturated rings. The van der Waals surface area contributed by atoms with Gasteiger partial charge in [0.25, 0.3) is 0 Å². The Labute approximate surface area is 89.8 Å². The maximum atomic E-state index is 11.1. The lowest BCUT2D eigenvalue weighted by Crippen LogP contribution is -2.37. The summed E-state index contributed by atoms with van der Waals surface area (Å²) in [6, 6.07) is 0.229. The Morgan fingerprint density at radius 3 is 2.62 bits per heavy atom. The van der Waals surface area contributed by atoms with E-state index in [1.54, 1.807) is 6.92 Å². The Hall–Kier alpha value is 0.110. The van der Waals surface area contributed by atoms with Crippen molar-refractivity contribution in [2.75, 3.05) is 11.5 Å². The van der Waals surface area contributed by atoms with E-state index in [4.69, 9.17) is 11.6 Å². The quantitative estimate of drug-likeness (QED) is 0.553. The second kappa shape index (κ2) is 7.51. The summed E-state index contributed by atoms with van der Waals surface area (Å²) in [6.45, 7) is 5.83. The van der Waals surface area contributed by atoms with Gasteiger partial charge in [-0.1, -0.05) is 6.92 Å². The highest BCUT2D eigenvalue weighted by Gasteiger charge is 2.11. The van der Waals surface area contributed by atoms with Crippen molar-refractivity contribution in [2.24, 2.45) is 0 Å². The van der Waals surface area contributed by atoms with Gasteiger partial charge in [-0.15, -0.1) is 11.6 Å². The van der Waals surface area contributed by atoms with Gasteiger partial charge in [0.2, 0.25) is 5.91 Å². The van der Waals surface area contributed by atoms with E-state index >= 15 is 0 Å². The summed E-state index contributed by atoms with van der Waals surface area (Å²) in [5.41, 5.74) is 0. The molecule has 2 nitrogen and oxygen atoms in total. The number of hydrogen-bond acceptors (Lipinski definition) is 2. The minimum Gasteiger partial charge on any atom is -0.352 e. The van der Waals surface area contributed by atoms with Crippen LogP contribution in [0.2, 0.25) is 0 Å². The molecule has 1 amide bonds. The number of thioether (sulfide) groups is 1. The standard InChI is InChI=1S/C9H18ClNOS/c1-4-13-6-5-7(2)11-9(12)8(3)10/h7-8H,4-6H2,1-3H3,(H,11,12). The lowest BCUT2D eigenvalue weighted by Gasteiger charge is -2.14. The molecular weight excluding hydrogens is 206 g/mol. The molecule has 0 rings (SSSR count). The van der Waals surface area contributed by atoms with Crippen LogP contribution in [0, 0.1) is 0 Å². The Kier molecular flexibility index (Phi) is 7.57. The topological polar surface area (TPSA) is 29.1 Å². The van der Waals surface area contributed by atoms with Crippen LogP contribution in [0.25, 0.3) is 0 Å². The number of amides is 1. The van der Waals surface area contributed by atoms with Crippen molar-refractivity contribution in [1.82, 2.24) is 5.32 Å². The molecule has 1 N–H and O–H groups in total.